The normalized spacial score (nSPS) is 13.0. The summed E-state index contributed by atoms with van der Waals surface area (Å²) in [6, 6.07) is 14.4. The highest BCUT2D eigenvalue weighted by Crippen LogP contribution is 2.44. The fourth-order valence-electron chi connectivity index (χ4n) is 3.94. The molecule has 2 aromatic carbocycles. The van der Waals surface area contributed by atoms with Gasteiger partial charge in [0, 0.05) is 12.1 Å². The second-order valence-corrected chi connectivity index (χ2v) is 7.61. The van der Waals surface area contributed by atoms with E-state index < -0.39 is 36.1 Å². The topological polar surface area (TPSA) is 153 Å². The second-order valence-electron chi connectivity index (χ2n) is 7.61. The molecule has 1 heterocycles. The van der Waals surface area contributed by atoms with Crippen molar-refractivity contribution in [2.75, 3.05) is 6.61 Å². The number of amides is 2. The van der Waals surface area contributed by atoms with E-state index in [1.165, 1.54) is 6.20 Å². The number of aromatic nitrogens is 2. The molecule has 1 aliphatic carbocycles. The van der Waals surface area contributed by atoms with Crippen LogP contribution in [0.25, 0.3) is 11.1 Å². The number of hydrogen-bond donors (Lipinski definition) is 5. The molecule has 1 aliphatic rings. The van der Waals surface area contributed by atoms with Gasteiger partial charge in [-0.15, -0.1) is 0 Å². The van der Waals surface area contributed by atoms with Gasteiger partial charge in [0.25, 0.3) is 0 Å². The van der Waals surface area contributed by atoms with Crippen LogP contribution in [0.2, 0.25) is 0 Å². The average molecular weight is 450 g/mol. The van der Waals surface area contributed by atoms with Crippen LogP contribution in [0.5, 0.6) is 0 Å². The summed E-state index contributed by atoms with van der Waals surface area (Å²) >= 11 is 0. The molecular formula is C23H22N4O6. The SMILES string of the molecule is O=C(O)CC(NC(=O)OCC1c2ccccc2-c2ccccc21)C(=O)NCc1c[nH]c(=O)[nH]1. The predicted octanol–water partition coefficient (Wildman–Crippen LogP) is 1.70. The molecule has 1 aromatic heterocycles. The van der Waals surface area contributed by atoms with Gasteiger partial charge in [0.15, 0.2) is 0 Å². The van der Waals surface area contributed by atoms with Gasteiger partial charge in [0.1, 0.15) is 12.6 Å². The third kappa shape index (κ3) is 4.95. The van der Waals surface area contributed by atoms with Gasteiger partial charge in [-0.1, -0.05) is 48.5 Å². The summed E-state index contributed by atoms with van der Waals surface area (Å²) < 4.78 is 5.39. The molecule has 170 valence electrons. The molecule has 5 N–H and O–H groups in total. The predicted molar refractivity (Wildman–Crippen MR) is 118 cm³/mol. The van der Waals surface area contributed by atoms with Crippen LogP contribution in [0.3, 0.4) is 0 Å². The molecule has 0 aliphatic heterocycles. The molecule has 1 unspecified atom stereocenters. The number of aromatic amines is 2. The maximum atomic E-state index is 12.4. The number of H-pyrrole nitrogens is 2. The standard InChI is InChI=1S/C23H22N4O6/c28-20(29)9-19(21(30)24-10-13-11-25-22(31)26-13)27-23(32)33-12-18-16-7-3-1-5-14(16)15-6-2-4-8-17(15)18/h1-8,11,18-19H,9-10,12H2,(H,24,30)(H,27,32)(H,28,29)(H2,25,26,31). The van der Waals surface area contributed by atoms with Crippen LogP contribution >= 0.6 is 0 Å². The van der Waals surface area contributed by atoms with E-state index in [-0.39, 0.29) is 19.1 Å². The third-order valence-electron chi connectivity index (χ3n) is 5.44. The van der Waals surface area contributed by atoms with Gasteiger partial charge < -0.3 is 30.4 Å². The number of nitrogens with one attached hydrogen (secondary N) is 4. The lowest BCUT2D eigenvalue weighted by molar-refractivity contribution is -0.139. The Kier molecular flexibility index (Phi) is 6.25. The van der Waals surface area contributed by atoms with Crippen molar-refractivity contribution in [2.24, 2.45) is 0 Å². The minimum atomic E-state index is -1.34. The first kappa shape index (κ1) is 21.9. The summed E-state index contributed by atoms with van der Waals surface area (Å²) in [7, 11) is 0. The molecular weight excluding hydrogens is 428 g/mol. The highest BCUT2D eigenvalue weighted by Gasteiger charge is 2.30. The number of benzene rings is 2. The largest absolute Gasteiger partial charge is 0.481 e. The molecule has 0 radical (unpaired) electrons. The second kappa shape index (κ2) is 9.43. The fourth-order valence-corrected chi connectivity index (χ4v) is 3.94. The molecule has 0 saturated carbocycles. The lowest BCUT2D eigenvalue weighted by Gasteiger charge is -2.18. The van der Waals surface area contributed by atoms with E-state index in [4.69, 9.17) is 9.84 Å². The molecule has 0 bridgehead atoms. The monoisotopic (exact) mass is 450 g/mol. The van der Waals surface area contributed by atoms with Crippen LogP contribution in [-0.4, -0.2) is 45.7 Å². The number of carbonyl (C=O) groups is 3. The Morgan fingerprint density at radius 2 is 1.67 bits per heavy atom. The third-order valence-corrected chi connectivity index (χ3v) is 5.44. The Bertz CT molecular complexity index is 1200. The maximum absolute atomic E-state index is 12.4. The van der Waals surface area contributed by atoms with Gasteiger partial charge in [0.05, 0.1) is 18.7 Å². The van der Waals surface area contributed by atoms with Crippen molar-refractivity contribution in [3.63, 3.8) is 0 Å². The smallest absolute Gasteiger partial charge is 0.407 e. The first-order valence-corrected chi connectivity index (χ1v) is 10.3. The van der Waals surface area contributed by atoms with E-state index >= 15 is 0 Å². The molecule has 3 aromatic rings. The van der Waals surface area contributed by atoms with Crippen molar-refractivity contribution < 1.29 is 24.2 Å². The van der Waals surface area contributed by atoms with Crippen LogP contribution in [-0.2, 0) is 20.9 Å². The number of ether oxygens (including phenoxy) is 1. The van der Waals surface area contributed by atoms with E-state index in [1.54, 1.807) is 0 Å². The van der Waals surface area contributed by atoms with Gasteiger partial charge in [-0.25, -0.2) is 9.59 Å². The first-order chi connectivity index (χ1) is 15.9. The lowest BCUT2D eigenvalue weighted by atomic mass is 9.98. The van der Waals surface area contributed by atoms with Crippen LogP contribution in [0.1, 0.15) is 29.2 Å². The number of imidazole rings is 1. The number of carboxylic acid groups (broad SMARTS) is 1. The van der Waals surface area contributed by atoms with Crippen molar-refractivity contribution in [3.8, 4) is 11.1 Å². The van der Waals surface area contributed by atoms with Gasteiger partial charge >= 0.3 is 17.8 Å². The Morgan fingerprint density at radius 1 is 1.03 bits per heavy atom. The van der Waals surface area contributed by atoms with Crippen LogP contribution in [0.15, 0.2) is 59.5 Å². The molecule has 1 atom stereocenters. The highest BCUT2D eigenvalue weighted by molar-refractivity contribution is 5.89. The van der Waals surface area contributed by atoms with Crippen LogP contribution < -0.4 is 16.3 Å². The highest BCUT2D eigenvalue weighted by atomic mass is 16.5. The van der Waals surface area contributed by atoms with E-state index in [9.17, 15) is 19.2 Å². The molecule has 0 saturated heterocycles. The number of rotatable bonds is 8. The Labute approximate surface area is 188 Å². The van der Waals surface area contributed by atoms with Crippen LogP contribution in [0, 0.1) is 0 Å². The number of fused-ring (bicyclic) bond motifs is 3. The fraction of sp³-hybridized carbons (Fsp3) is 0.217. The van der Waals surface area contributed by atoms with Gasteiger partial charge in [-0.2, -0.15) is 0 Å². The zero-order valence-electron chi connectivity index (χ0n) is 17.5. The zero-order valence-corrected chi connectivity index (χ0v) is 17.5. The molecule has 0 fully saturated rings. The number of carbonyl (C=O) groups excluding carboxylic acids is 2. The first-order valence-electron chi connectivity index (χ1n) is 10.3. The summed E-state index contributed by atoms with van der Waals surface area (Å²) in [5, 5.41) is 13.9. The van der Waals surface area contributed by atoms with E-state index in [1.807, 2.05) is 48.5 Å². The van der Waals surface area contributed by atoms with Gasteiger partial charge in [-0.3, -0.25) is 9.59 Å². The van der Waals surface area contributed by atoms with E-state index in [0.717, 1.165) is 22.3 Å². The van der Waals surface area contributed by atoms with E-state index in [0.29, 0.717) is 5.69 Å². The van der Waals surface area contributed by atoms with Gasteiger partial charge in [-0.05, 0) is 22.3 Å². The van der Waals surface area contributed by atoms with Crippen molar-refractivity contribution in [3.05, 3.63) is 82.0 Å². The summed E-state index contributed by atoms with van der Waals surface area (Å²) in [4.78, 5) is 52.0. The molecule has 0 spiro atoms. The van der Waals surface area contributed by atoms with Gasteiger partial charge in [0.2, 0.25) is 5.91 Å². The summed E-state index contributed by atoms with van der Waals surface area (Å²) in [6.45, 7) is -0.00802. The Morgan fingerprint density at radius 3 is 2.24 bits per heavy atom. The summed E-state index contributed by atoms with van der Waals surface area (Å²) in [5.74, 6) is -2.14. The van der Waals surface area contributed by atoms with Crippen molar-refractivity contribution in [2.45, 2.75) is 24.9 Å². The number of carboxylic acids is 1. The van der Waals surface area contributed by atoms with E-state index in [2.05, 4.69) is 20.6 Å². The number of hydrogen-bond acceptors (Lipinski definition) is 5. The zero-order chi connectivity index (χ0) is 23.4. The van der Waals surface area contributed by atoms with Crippen molar-refractivity contribution >= 4 is 18.0 Å². The van der Waals surface area contributed by atoms with Crippen molar-refractivity contribution in [1.29, 1.82) is 0 Å². The summed E-state index contributed by atoms with van der Waals surface area (Å²) in [6.07, 6.45) is -0.138. The molecule has 10 nitrogen and oxygen atoms in total. The lowest BCUT2D eigenvalue weighted by Crippen LogP contribution is -2.48. The number of aliphatic carboxylic acids is 1. The minimum absolute atomic E-state index is 0.0336. The molecule has 2 amide bonds. The minimum Gasteiger partial charge on any atom is -0.481 e. The molecule has 4 rings (SSSR count). The Hall–Kier alpha value is -4.34. The number of alkyl carbamates (subject to hydrolysis) is 1. The van der Waals surface area contributed by atoms with Crippen LogP contribution in [0.4, 0.5) is 4.79 Å². The van der Waals surface area contributed by atoms with Crippen molar-refractivity contribution in [1.82, 2.24) is 20.6 Å². The summed E-state index contributed by atoms with van der Waals surface area (Å²) in [5.41, 5.74) is 4.20. The average Bonchev–Trinajstić information content (AvgIpc) is 3.36. The maximum Gasteiger partial charge on any atom is 0.407 e. The molecule has 10 heteroatoms. The molecule has 33 heavy (non-hydrogen) atoms. The quantitative estimate of drug-likeness (QED) is 0.352. The Balaban J connectivity index is 1.39.